The Morgan fingerprint density at radius 2 is 1.68 bits per heavy atom. The zero-order valence-corrected chi connectivity index (χ0v) is 23.2. The number of fused-ring (bicyclic) bond motifs is 1. The van der Waals surface area contributed by atoms with Gasteiger partial charge in [-0.25, -0.2) is 8.42 Å². The van der Waals surface area contributed by atoms with Gasteiger partial charge in [0.1, 0.15) is 6.04 Å². The molecule has 0 aromatic heterocycles. The Morgan fingerprint density at radius 1 is 0.974 bits per heavy atom. The molecule has 4 rings (SSSR count). The van der Waals surface area contributed by atoms with E-state index < -0.39 is 22.0 Å². The van der Waals surface area contributed by atoms with Gasteiger partial charge in [0, 0.05) is 19.6 Å². The summed E-state index contributed by atoms with van der Waals surface area (Å²) >= 11 is 0. The van der Waals surface area contributed by atoms with Gasteiger partial charge in [-0.1, -0.05) is 79.9 Å². The van der Waals surface area contributed by atoms with Crippen LogP contribution in [0.3, 0.4) is 0 Å². The number of hydrogen-bond donors (Lipinski definition) is 1. The summed E-state index contributed by atoms with van der Waals surface area (Å²) in [7, 11) is -2.52. The van der Waals surface area contributed by atoms with E-state index in [1.165, 1.54) is 11.9 Å². The molecule has 7 nitrogen and oxygen atoms in total. The maximum Gasteiger partial charge on any atom is 0.243 e. The topological polar surface area (TPSA) is 86.8 Å². The van der Waals surface area contributed by atoms with Gasteiger partial charge in [0.2, 0.25) is 21.8 Å². The van der Waals surface area contributed by atoms with Crippen LogP contribution in [0.4, 0.5) is 0 Å². The second-order valence-electron chi connectivity index (χ2n) is 10.2. The fraction of sp³-hybridized carbons (Fsp3) is 0.400. The van der Waals surface area contributed by atoms with Crippen molar-refractivity contribution in [1.29, 1.82) is 0 Å². The van der Waals surface area contributed by atoms with Crippen LogP contribution in [0.5, 0.6) is 0 Å². The van der Waals surface area contributed by atoms with Crippen LogP contribution in [0.2, 0.25) is 0 Å². The number of carbonyl (C=O) groups is 2. The Bertz CT molecular complexity index is 1400. The van der Waals surface area contributed by atoms with Crippen molar-refractivity contribution in [3.63, 3.8) is 0 Å². The van der Waals surface area contributed by atoms with Crippen molar-refractivity contribution in [2.75, 3.05) is 13.6 Å². The molecule has 1 atom stereocenters. The Labute approximate surface area is 225 Å². The van der Waals surface area contributed by atoms with Crippen LogP contribution in [-0.4, -0.2) is 55.1 Å². The standard InChI is InChI=1S/C30H37N3O4S/c1-4-28(30(35)31-26-14-7-8-15-26)33(20-23-11-9-10-22(2)18-23)29(34)21-32(3)38(36,37)27-17-16-24-12-5-6-13-25(24)19-27/h5-6,9-13,16-19,26,28H,4,7-8,14-15,20-21H2,1-3H3,(H,31,35)/t28-/m1/s1. The second kappa shape index (κ2) is 12.1. The predicted octanol–water partition coefficient (Wildman–Crippen LogP) is 4.63. The fourth-order valence-corrected chi connectivity index (χ4v) is 6.32. The van der Waals surface area contributed by atoms with Gasteiger partial charge in [0.25, 0.3) is 0 Å². The molecule has 3 aromatic carbocycles. The lowest BCUT2D eigenvalue weighted by Gasteiger charge is -2.32. The molecule has 0 saturated heterocycles. The first-order valence-electron chi connectivity index (χ1n) is 13.3. The molecule has 3 aromatic rings. The third-order valence-corrected chi connectivity index (χ3v) is 9.11. The number of nitrogens with one attached hydrogen (secondary N) is 1. The molecule has 0 heterocycles. The summed E-state index contributed by atoms with van der Waals surface area (Å²) < 4.78 is 27.9. The molecule has 8 heteroatoms. The summed E-state index contributed by atoms with van der Waals surface area (Å²) in [6.45, 7) is 3.71. The highest BCUT2D eigenvalue weighted by Gasteiger charge is 2.33. The number of likely N-dealkylation sites (N-methyl/N-ethyl adjacent to an activating group) is 1. The molecule has 1 fully saturated rings. The third-order valence-electron chi connectivity index (χ3n) is 7.31. The average Bonchev–Trinajstić information content (AvgIpc) is 3.41. The summed E-state index contributed by atoms with van der Waals surface area (Å²) in [5, 5.41) is 4.87. The second-order valence-corrected chi connectivity index (χ2v) is 12.2. The predicted molar refractivity (Wildman–Crippen MR) is 150 cm³/mol. The minimum absolute atomic E-state index is 0.128. The zero-order chi connectivity index (χ0) is 27.3. The SMILES string of the molecule is CC[C@H](C(=O)NC1CCCC1)N(Cc1cccc(C)c1)C(=O)CN(C)S(=O)(=O)c1ccc2ccccc2c1. The Morgan fingerprint density at radius 3 is 2.37 bits per heavy atom. The summed E-state index contributed by atoms with van der Waals surface area (Å²) in [6.07, 6.45) is 4.49. The molecule has 2 amide bonds. The fourth-order valence-electron chi connectivity index (χ4n) is 5.17. The Hall–Kier alpha value is -3.23. The number of aryl methyl sites for hydroxylation is 1. The highest BCUT2D eigenvalue weighted by atomic mass is 32.2. The van der Waals surface area contributed by atoms with E-state index in [1.54, 1.807) is 18.2 Å². The van der Waals surface area contributed by atoms with Crippen molar-refractivity contribution in [2.45, 2.75) is 69.5 Å². The van der Waals surface area contributed by atoms with Gasteiger partial charge < -0.3 is 10.2 Å². The van der Waals surface area contributed by atoms with E-state index in [0.717, 1.165) is 51.9 Å². The van der Waals surface area contributed by atoms with Gasteiger partial charge in [-0.15, -0.1) is 0 Å². The van der Waals surface area contributed by atoms with Crippen LogP contribution in [0.25, 0.3) is 10.8 Å². The van der Waals surface area contributed by atoms with Crippen LogP contribution in [-0.2, 0) is 26.2 Å². The number of carbonyl (C=O) groups excluding carboxylic acids is 2. The van der Waals surface area contributed by atoms with E-state index in [0.29, 0.717) is 6.42 Å². The van der Waals surface area contributed by atoms with Crippen LogP contribution in [0.1, 0.15) is 50.2 Å². The molecule has 0 spiro atoms. The smallest absolute Gasteiger partial charge is 0.243 e. The van der Waals surface area contributed by atoms with E-state index in [4.69, 9.17) is 0 Å². The Kier molecular flexibility index (Phi) is 8.84. The van der Waals surface area contributed by atoms with Gasteiger partial charge in [0.15, 0.2) is 0 Å². The van der Waals surface area contributed by atoms with Crippen molar-refractivity contribution < 1.29 is 18.0 Å². The lowest BCUT2D eigenvalue weighted by molar-refractivity contribution is -0.141. The largest absolute Gasteiger partial charge is 0.352 e. The van der Waals surface area contributed by atoms with Gasteiger partial charge >= 0.3 is 0 Å². The molecule has 38 heavy (non-hydrogen) atoms. The van der Waals surface area contributed by atoms with Crippen molar-refractivity contribution in [1.82, 2.24) is 14.5 Å². The number of benzene rings is 3. The number of rotatable bonds is 10. The van der Waals surface area contributed by atoms with Crippen LogP contribution in [0, 0.1) is 6.92 Å². The number of hydrogen-bond acceptors (Lipinski definition) is 4. The maximum absolute atomic E-state index is 13.7. The molecule has 1 aliphatic rings. The van der Waals surface area contributed by atoms with Gasteiger partial charge in [-0.05, 0) is 54.7 Å². The van der Waals surface area contributed by atoms with Gasteiger partial charge in [-0.3, -0.25) is 9.59 Å². The summed E-state index contributed by atoms with van der Waals surface area (Å²) in [6, 6.07) is 19.7. The molecule has 0 radical (unpaired) electrons. The van der Waals surface area contributed by atoms with E-state index in [9.17, 15) is 18.0 Å². The first-order chi connectivity index (χ1) is 18.2. The molecule has 1 N–H and O–H groups in total. The lowest BCUT2D eigenvalue weighted by Crippen LogP contribution is -2.53. The van der Waals surface area contributed by atoms with E-state index in [1.807, 2.05) is 62.4 Å². The zero-order valence-electron chi connectivity index (χ0n) is 22.4. The van der Waals surface area contributed by atoms with Gasteiger partial charge in [0.05, 0.1) is 11.4 Å². The minimum Gasteiger partial charge on any atom is -0.352 e. The normalized spacial score (nSPS) is 15.1. The summed E-state index contributed by atoms with van der Waals surface area (Å²) in [5.41, 5.74) is 1.94. The van der Waals surface area contributed by atoms with Crippen molar-refractivity contribution >= 4 is 32.6 Å². The van der Waals surface area contributed by atoms with E-state index in [2.05, 4.69) is 5.32 Å². The molecular weight excluding hydrogens is 498 g/mol. The number of nitrogens with zero attached hydrogens (tertiary/aromatic N) is 2. The minimum atomic E-state index is -3.92. The molecule has 0 unspecified atom stereocenters. The molecule has 1 aliphatic carbocycles. The highest BCUT2D eigenvalue weighted by Crippen LogP contribution is 2.23. The number of amides is 2. The monoisotopic (exact) mass is 535 g/mol. The molecule has 0 bridgehead atoms. The van der Waals surface area contributed by atoms with Crippen molar-refractivity contribution in [2.24, 2.45) is 0 Å². The van der Waals surface area contributed by atoms with E-state index in [-0.39, 0.29) is 29.9 Å². The van der Waals surface area contributed by atoms with Crippen LogP contribution >= 0.6 is 0 Å². The number of sulfonamides is 1. The third kappa shape index (κ3) is 6.42. The van der Waals surface area contributed by atoms with Crippen LogP contribution < -0.4 is 5.32 Å². The first kappa shape index (κ1) is 27.8. The van der Waals surface area contributed by atoms with Crippen molar-refractivity contribution in [3.8, 4) is 0 Å². The average molecular weight is 536 g/mol. The first-order valence-corrected chi connectivity index (χ1v) is 14.7. The quantitative estimate of drug-likeness (QED) is 0.410. The van der Waals surface area contributed by atoms with Crippen molar-refractivity contribution in [3.05, 3.63) is 77.9 Å². The van der Waals surface area contributed by atoms with Gasteiger partial charge in [-0.2, -0.15) is 4.31 Å². The van der Waals surface area contributed by atoms with Crippen LogP contribution in [0.15, 0.2) is 71.6 Å². The molecular formula is C30H37N3O4S. The Balaban J connectivity index is 1.57. The maximum atomic E-state index is 13.7. The molecule has 1 saturated carbocycles. The van der Waals surface area contributed by atoms with E-state index >= 15 is 0 Å². The summed E-state index contributed by atoms with van der Waals surface area (Å²) in [5.74, 6) is -0.591. The molecule has 202 valence electrons. The lowest BCUT2D eigenvalue weighted by atomic mass is 10.1. The summed E-state index contributed by atoms with van der Waals surface area (Å²) in [4.78, 5) is 28.7. The highest BCUT2D eigenvalue weighted by molar-refractivity contribution is 7.89. The molecule has 0 aliphatic heterocycles.